The van der Waals surface area contributed by atoms with Crippen molar-refractivity contribution in [3.8, 4) is 0 Å². The van der Waals surface area contributed by atoms with E-state index < -0.39 is 0 Å². The van der Waals surface area contributed by atoms with E-state index in [9.17, 15) is 9.59 Å². The number of hydrogen-bond donors (Lipinski definition) is 3. The largest absolute Gasteiger partial charge is 0.355 e. The van der Waals surface area contributed by atoms with Crippen LogP contribution in [0.3, 0.4) is 0 Å². The molecule has 0 aliphatic rings. The maximum atomic E-state index is 12.4. The molecule has 0 bridgehead atoms. The van der Waals surface area contributed by atoms with Crippen molar-refractivity contribution in [1.29, 1.82) is 0 Å². The van der Waals surface area contributed by atoms with Gasteiger partial charge in [0.1, 0.15) is 0 Å². The van der Waals surface area contributed by atoms with Crippen LogP contribution >= 0.6 is 0 Å². The zero-order chi connectivity index (χ0) is 21.5. The van der Waals surface area contributed by atoms with Gasteiger partial charge in [0.2, 0.25) is 5.91 Å². The normalized spacial score (nSPS) is 10.9. The molecule has 31 heavy (non-hydrogen) atoms. The summed E-state index contributed by atoms with van der Waals surface area (Å²) in [5, 5.41) is 13.5. The number of nitrogens with one attached hydrogen (secondary N) is 3. The van der Waals surface area contributed by atoms with Crippen LogP contribution < -0.4 is 10.6 Å². The third-order valence-corrected chi connectivity index (χ3v) is 5.23. The molecule has 6 heteroatoms. The Bertz CT molecular complexity index is 1120. The fourth-order valence-corrected chi connectivity index (χ4v) is 3.61. The van der Waals surface area contributed by atoms with Gasteiger partial charge in [0, 0.05) is 30.8 Å². The Kier molecular flexibility index (Phi) is 6.38. The minimum atomic E-state index is -0.295. The molecule has 4 rings (SSSR count). The molecule has 0 spiro atoms. The molecular formula is C25H24N4O2. The Morgan fingerprint density at radius 1 is 0.806 bits per heavy atom. The monoisotopic (exact) mass is 412 g/mol. The predicted molar refractivity (Wildman–Crippen MR) is 121 cm³/mol. The Morgan fingerprint density at radius 2 is 1.42 bits per heavy atom. The van der Waals surface area contributed by atoms with Crippen molar-refractivity contribution in [3.63, 3.8) is 0 Å². The van der Waals surface area contributed by atoms with E-state index in [1.54, 1.807) is 0 Å². The van der Waals surface area contributed by atoms with Gasteiger partial charge in [-0.3, -0.25) is 14.7 Å². The molecular weight excluding hydrogens is 388 g/mol. The second-order valence-electron chi connectivity index (χ2n) is 7.30. The molecule has 0 aliphatic carbocycles. The van der Waals surface area contributed by atoms with E-state index in [0.717, 1.165) is 22.0 Å². The molecule has 6 nitrogen and oxygen atoms in total. The summed E-state index contributed by atoms with van der Waals surface area (Å²) in [4.78, 5) is 24.8. The summed E-state index contributed by atoms with van der Waals surface area (Å²) in [6, 6.07) is 27.7. The maximum absolute atomic E-state index is 12.4. The second kappa shape index (κ2) is 9.71. The molecule has 0 saturated heterocycles. The summed E-state index contributed by atoms with van der Waals surface area (Å²) in [5.74, 6) is -0.336. The Morgan fingerprint density at radius 3 is 2.10 bits per heavy atom. The molecule has 0 aliphatic heterocycles. The molecule has 2 amide bonds. The number of aromatic nitrogens is 2. The van der Waals surface area contributed by atoms with E-state index in [0.29, 0.717) is 12.2 Å². The SMILES string of the molecule is O=C(CCNC(=O)c1n[nH]c2ccccc12)NCC(c1ccccc1)c1ccccc1. The van der Waals surface area contributed by atoms with Gasteiger partial charge in [-0.25, -0.2) is 0 Å². The van der Waals surface area contributed by atoms with E-state index in [1.807, 2.05) is 60.7 Å². The van der Waals surface area contributed by atoms with Gasteiger partial charge in [-0.15, -0.1) is 0 Å². The minimum Gasteiger partial charge on any atom is -0.355 e. The van der Waals surface area contributed by atoms with Crippen LogP contribution in [-0.2, 0) is 4.79 Å². The van der Waals surface area contributed by atoms with Gasteiger partial charge in [-0.05, 0) is 17.2 Å². The predicted octanol–water partition coefficient (Wildman–Crippen LogP) is 3.63. The number of hydrogen-bond acceptors (Lipinski definition) is 3. The van der Waals surface area contributed by atoms with Crippen molar-refractivity contribution < 1.29 is 9.59 Å². The smallest absolute Gasteiger partial charge is 0.272 e. The summed E-state index contributed by atoms with van der Waals surface area (Å²) < 4.78 is 0. The van der Waals surface area contributed by atoms with Gasteiger partial charge < -0.3 is 10.6 Å². The molecule has 156 valence electrons. The quantitative estimate of drug-likeness (QED) is 0.413. The van der Waals surface area contributed by atoms with Crippen molar-refractivity contribution in [2.45, 2.75) is 12.3 Å². The van der Waals surface area contributed by atoms with Crippen LogP contribution in [0.25, 0.3) is 10.9 Å². The summed E-state index contributed by atoms with van der Waals surface area (Å²) in [5.41, 5.74) is 3.43. The molecule has 0 radical (unpaired) electrons. The Hall–Kier alpha value is -3.93. The lowest BCUT2D eigenvalue weighted by atomic mass is 9.91. The fourth-order valence-electron chi connectivity index (χ4n) is 3.61. The Balaban J connectivity index is 1.31. The van der Waals surface area contributed by atoms with E-state index in [-0.39, 0.29) is 30.7 Å². The number of amides is 2. The Labute approximate surface area is 180 Å². The van der Waals surface area contributed by atoms with Crippen molar-refractivity contribution in [2.24, 2.45) is 0 Å². The van der Waals surface area contributed by atoms with Gasteiger partial charge in [0.25, 0.3) is 5.91 Å². The average molecular weight is 412 g/mol. The number of H-pyrrole nitrogens is 1. The van der Waals surface area contributed by atoms with E-state index in [1.165, 1.54) is 0 Å². The maximum Gasteiger partial charge on any atom is 0.272 e. The molecule has 0 atom stereocenters. The number of aromatic amines is 1. The van der Waals surface area contributed by atoms with Crippen molar-refractivity contribution >= 4 is 22.7 Å². The summed E-state index contributed by atoms with van der Waals surface area (Å²) in [7, 11) is 0. The molecule has 3 aromatic carbocycles. The minimum absolute atomic E-state index is 0.0661. The molecule has 1 aromatic heterocycles. The number of nitrogens with zero attached hydrogens (tertiary/aromatic N) is 1. The first-order chi connectivity index (χ1) is 15.2. The van der Waals surface area contributed by atoms with Crippen LogP contribution in [0.5, 0.6) is 0 Å². The highest BCUT2D eigenvalue weighted by atomic mass is 16.2. The zero-order valence-corrected chi connectivity index (χ0v) is 17.0. The van der Waals surface area contributed by atoms with E-state index in [4.69, 9.17) is 0 Å². The second-order valence-corrected chi connectivity index (χ2v) is 7.30. The standard InChI is InChI=1S/C25H24N4O2/c30-23(15-16-26-25(31)24-20-13-7-8-14-22(20)28-29-24)27-17-21(18-9-3-1-4-10-18)19-11-5-2-6-12-19/h1-14,21H,15-17H2,(H,26,31)(H,27,30)(H,28,29). The van der Waals surface area contributed by atoms with Crippen LogP contribution in [0.2, 0.25) is 0 Å². The molecule has 0 saturated carbocycles. The van der Waals surface area contributed by atoms with Crippen LogP contribution in [0, 0.1) is 0 Å². The van der Waals surface area contributed by atoms with Gasteiger partial charge in [-0.2, -0.15) is 5.10 Å². The van der Waals surface area contributed by atoms with Gasteiger partial charge in [0.05, 0.1) is 5.52 Å². The lowest BCUT2D eigenvalue weighted by Crippen LogP contribution is -2.33. The zero-order valence-electron chi connectivity index (χ0n) is 17.0. The van der Waals surface area contributed by atoms with Crippen LogP contribution in [0.4, 0.5) is 0 Å². The first-order valence-electron chi connectivity index (χ1n) is 10.3. The number of carbonyl (C=O) groups excluding carboxylic acids is 2. The highest BCUT2D eigenvalue weighted by Gasteiger charge is 2.16. The number of para-hydroxylation sites is 1. The molecule has 1 heterocycles. The van der Waals surface area contributed by atoms with Crippen LogP contribution in [-0.4, -0.2) is 35.1 Å². The molecule has 0 unspecified atom stereocenters. The summed E-state index contributed by atoms with van der Waals surface area (Å²) >= 11 is 0. The van der Waals surface area contributed by atoms with Crippen molar-refractivity contribution in [1.82, 2.24) is 20.8 Å². The first-order valence-corrected chi connectivity index (χ1v) is 10.3. The van der Waals surface area contributed by atoms with Crippen molar-refractivity contribution in [3.05, 3.63) is 102 Å². The van der Waals surface area contributed by atoms with E-state index >= 15 is 0 Å². The number of benzene rings is 3. The first kappa shape index (κ1) is 20.3. The number of fused-ring (bicyclic) bond motifs is 1. The van der Waals surface area contributed by atoms with Gasteiger partial charge in [0.15, 0.2) is 5.69 Å². The summed E-state index contributed by atoms with van der Waals surface area (Å²) in [6.45, 7) is 0.734. The highest BCUT2D eigenvalue weighted by molar-refractivity contribution is 6.04. The van der Waals surface area contributed by atoms with Gasteiger partial charge in [-0.1, -0.05) is 78.9 Å². The molecule has 0 fully saturated rings. The fraction of sp³-hybridized carbons (Fsp3) is 0.160. The van der Waals surface area contributed by atoms with E-state index in [2.05, 4.69) is 45.1 Å². The van der Waals surface area contributed by atoms with Crippen LogP contribution in [0.15, 0.2) is 84.9 Å². The topological polar surface area (TPSA) is 86.9 Å². The third kappa shape index (κ3) is 4.98. The highest BCUT2D eigenvalue weighted by Crippen LogP contribution is 2.23. The van der Waals surface area contributed by atoms with Crippen LogP contribution in [0.1, 0.15) is 34.0 Å². The molecule has 4 aromatic rings. The number of carbonyl (C=O) groups is 2. The average Bonchev–Trinajstić information content (AvgIpc) is 3.25. The van der Waals surface area contributed by atoms with Crippen molar-refractivity contribution in [2.75, 3.05) is 13.1 Å². The van der Waals surface area contributed by atoms with Gasteiger partial charge >= 0.3 is 0 Å². The lowest BCUT2D eigenvalue weighted by molar-refractivity contribution is -0.120. The third-order valence-electron chi connectivity index (χ3n) is 5.23. The lowest BCUT2D eigenvalue weighted by Gasteiger charge is -2.19. The summed E-state index contributed by atoms with van der Waals surface area (Å²) in [6.07, 6.45) is 0.199. The number of rotatable bonds is 8. The molecule has 3 N–H and O–H groups in total.